The first-order valence-corrected chi connectivity index (χ1v) is 7.29. The molecule has 0 saturated heterocycles. The fourth-order valence-electron chi connectivity index (χ4n) is 2.02. The molecule has 1 heterocycles. The molecule has 5 heteroatoms. The molecule has 0 aliphatic rings. The van der Waals surface area contributed by atoms with Crippen molar-refractivity contribution >= 4 is 11.8 Å². The van der Waals surface area contributed by atoms with Gasteiger partial charge in [-0.1, -0.05) is 25.1 Å². The molecule has 0 radical (unpaired) electrons. The van der Waals surface area contributed by atoms with Crippen LogP contribution in [0.15, 0.2) is 34.3 Å². The van der Waals surface area contributed by atoms with Gasteiger partial charge in [-0.3, -0.25) is 0 Å². The highest BCUT2D eigenvalue weighted by atomic mass is 32.2. The molecule has 0 aliphatic heterocycles. The summed E-state index contributed by atoms with van der Waals surface area (Å²) in [7, 11) is 4.00. The molecule has 2 aromatic rings. The van der Waals surface area contributed by atoms with E-state index < -0.39 is 0 Å². The van der Waals surface area contributed by atoms with Gasteiger partial charge in [0.25, 0.3) is 0 Å². The van der Waals surface area contributed by atoms with E-state index in [2.05, 4.69) is 46.7 Å². The Morgan fingerprint density at radius 1 is 1.32 bits per heavy atom. The molecular formula is C14H20N4S. The van der Waals surface area contributed by atoms with Crippen LogP contribution in [0.1, 0.15) is 30.8 Å². The molecule has 0 aliphatic carbocycles. The third-order valence-corrected chi connectivity index (χ3v) is 4.43. The van der Waals surface area contributed by atoms with Crippen LogP contribution in [-0.4, -0.2) is 21.8 Å². The zero-order chi connectivity index (χ0) is 13.8. The van der Waals surface area contributed by atoms with Crippen LogP contribution in [-0.2, 0) is 7.05 Å². The summed E-state index contributed by atoms with van der Waals surface area (Å²) in [5.74, 6) is 0.931. The molecule has 0 bridgehead atoms. The van der Waals surface area contributed by atoms with Gasteiger partial charge in [0, 0.05) is 18.0 Å². The minimum Gasteiger partial charge on any atom is -0.313 e. The van der Waals surface area contributed by atoms with Crippen molar-refractivity contribution in [2.75, 3.05) is 7.05 Å². The third-order valence-electron chi connectivity index (χ3n) is 3.30. The van der Waals surface area contributed by atoms with Crippen LogP contribution in [0.5, 0.6) is 0 Å². The largest absolute Gasteiger partial charge is 0.313 e. The fraction of sp³-hybridized carbons (Fsp3) is 0.429. The van der Waals surface area contributed by atoms with Gasteiger partial charge >= 0.3 is 0 Å². The average Bonchev–Trinajstić information content (AvgIpc) is 2.74. The van der Waals surface area contributed by atoms with Crippen molar-refractivity contribution in [1.29, 1.82) is 0 Å². The predicted octanol–water partition coefficient (Wildman–Crippen LogP) is 2.95. The molecule has 2 rings (SSSR count). The lowest BCUT2D eigenvalue weighted by Crippen LogP contribution is -2.16. The highest BCUT2D eigenvalue weighted by Crippen LogP contribution is 2.33. The van der Waals surface area contributed by atoms with E-state index in [-0.39, 0.29) is 0 Å². The monoisotopic (exact) mass is 276 g/mol. The summed E-state index contributed by atoms with van der Waals surface area (Å²) in [6.45, 7) is 4.15. The van der Waals surface area contributed by atoms with Gasteiger partial charge < -0.3 is 9.88 Å². The number of nitrogens with one attached hydrogen (secondary N) is 1. The van der Waals surface area contributed by atoms with E-state index >= 15 is 0 Å². The van der Waals surface area contributed by atoms with Crippen molar-refractivity contribution in [2.24, 2.45) is 7.05 Å². The highest BCUT2D eigenvalue weighted by Gasteiger charge is 2.14. The van der Waals surface area contributed by atoms with E-state index in [0.717, 1.165) is 17.4 Å². The van der Waals surface area contributed by atoms with E-state index in [0.29, 0.717) is 6.04 Å². The van der Waals surface area contributed by atoms with Gasteiger partial charge in [-0.15, -0.1) is 10.2 Å². The number of aromatic nitrogens is 3. The van der Waals surface area contributed by atoms with Crippen molar-refractivity contribution in [3.05, 3.63) is 35.7 Å². The van der Waals surface area contributed by atoms with Gasteiger partial charge in [0.2, 0.25) is 0 Å². The summed E-state index contributed by atoms with van der Waals surface area (Å²) in [5.41, 5.74) is 1.32. The SMILES string of the molecule is CCC(NC)c1ccccc1Sc1nnc(C)n1C. The minimum atomic E-state index is 0.373. The smallest absolute Gasteiger partial charge is 0.195 e. The maximum absolute atomic E-state index is 4.22. The van der Waals surface area contributed by atoms with Gasteiger partial charge in [-0.2, -0.15) is 0 Å². The Bertz CT molecular complexity index is 546. The Hall–Kier alpha value is -1.33. The molecule has 1 atom stereocenters. The van der Waals surface area contributed by atoms with Crippen LogP contribution in [0.3, 0.4) is 0 Å². The van der Waals surface area contributed by atoms with Crippen LogP contribution < -0.4 is 5.32 Å². The number of rotatable bonds is 5. The maximum atomic E-state index is 4.22. The minimum absolute atomic E-state index is 0.373. The van der Waals surface area contributed by atoms with Crippen LogP contribution in [0.4, 0.5) is 0 Å². The first kappa shape index (κ1) is 14.1. The van der Waals surface area contributed by atoms with Crippen LogP contribution in [0.25, 0.3) is 0 Å². The maximum Gasteiger partial charge on any atom is 0.195 e. The van der Waals surface area contributed by atoms with Crippen molar-refractivity contribution in [3.8, 4) is 0 Å². The quantitative estimate of drug-likeness (QED) is 0.912. The second kappa shape index (κ2) is 6.21. The lowest BCUT2D eigenvalue weighted by molar-refractivity contribution is 0.568. The van der Waals surface area contributed by atoms with E-state index in [1.54, 1.807) is 11.8 Å². The van der Waals surface area contributed by atoms with Crippen LogP contribution in [0.2, 0.25) is 0 Å². The van der Waals surface area contributed by atoms with Gasteiger partial charge in [0.05, 0.1) is 0 Å². The number of hydrogen-bond donors (Lipinski definition) is 1. The van der Waals surface area contributed by atoms with Crippen molar-refractivity contribution < 1.29 is 0 Å². The first-order valence-electron chi connectivity index (χ1n) is 6.47. The number of aryl methyl sites for hydroxylation is 1. The lowest BCUT2D eigenvalue weighted by atomic mass is 10.1. The zero-order valence-electron chi connectivity index (χ0n) is 11.8. The normalized spacial score (nSPS) is 12.6. The van der Waals surface area contributed by atoms with E-state index in [1.165, 1.54) is 10.5 Å². The second-order valence-corrected chi connectivity index (χ2v) is 5.49. The molecular weight excluding hydrogens is 256 g/mol. The Morgan fingerprint density at radius 2 is 2.05 bits per heavy atom. The van der Waals surface area contributed by atoms with Gasteiger partial charge in [-0.25, -0.2) is 0 Å². The molecule has 1 aromatic heterocycles. The molecule has 4 nitrogen and oxygen atoms in total. The van der Waals surface area contributed by atoms with E-state index in [9.17, 15) is 0 Å². The predicted molar refractivity (Wildman–Crippen MR) is 78.4 cm³/mol. The highest BCUT2D eigenvalue weighted by molar-refractivity contribution is 7.99. The summed E-state index contributed by atoms with van der Waals surface area (Å²) >= 11 is 1.67. The van der Waals surface area contributed by atoms with Crippen molar-refractivity contribution in [1.82, 2.24) is 20.1 Å². The standard InChI is InChI=1S/C14H20N4S/c1-5-12(15-3)11-8-6-7-9-13(11)19-14-17-16-10(2)18(14)4/h6-9,12,15H,5H2,1-4H3. The molecule has 1 unspecified atom stereocenters. The Labute approximate surface area is 118 Å². The zero-order valence-corrected chi connectivity index (χ0v) is 12.7. The molecule has 1 N–H and O–H groups in total. The number of hydrogen-bond acceptors (Lipinski definition) is 4. The molecule has 0 amide bonds. The topological polar surface area (TPSA) is 42.7 Å². The van der Waals surface area contributed by atoms with Crippen LogP contribution >= 0.6 is 11.8 Å². The number of benzene rings is 1. The summed E-state index contributed by atoms with van der Waals surface area (Å²) in [4.78, 5) is 1.24. The Balaban J connectivity index is 2.32. The van der Waals surface area contributed by atoms with Gasteiger partial charge in [0.15, 0.2) is 5.16 Å². The number of nitrogens with zero attached hydrogens (tertiary/aromatic N) is 3. The summed E-state index contributed by atoms with van der Waals surface area (Å²) < 4.78 is 2.02. The second-order valence-electron chi connectivity index (χ2n) is 4.48. The summed E-state index contributed by atoms with van der Waals surface area (Å²) in [5, 5.41) is 12.6. The molecule has 19 heavy (non-hydrogen) atoms. The average molecular weight is 276 g/mol. The van der Waals surface area contributed by atoms with E-state index in [1.807, 2.05) is 25.6 Å². The van der Waals surface area contributed by atoms with Gasteiger partial charge in [0.1, 0.15) is 5.82 Å². The molecule has 0 fully saturated rings. The van der Waals surface area contributed by atoms with Crippen LogP contribution in [0, 0.1) is 6.92 Å². The van der Waals surface area contributed by atoms with Gasteiger partial charge in [-0.05, 0) is 43.8 Å². The van der Waals surface area contributed by atoms with Crippen molar-refractivity contribution in [3.63, 3.8) is 0 Å². The summed E-state index contributed by atoms with van der Waals surface area (Å²) in [6, 6.07) is 8.84. The molecule has 0 spiro atoms. The third kappa shape index (κ3) is 2.98. The van der Waals surface area contributed by atoms with E-state index in [4.69, 9.17) is 0 Å². The fourth-order valence-corrected chi connectivity index (χ4v) is 3.04. The Morgan fingerprint density at radius 3 is 2.63 bits per heavy atom. The first-order chi connectivity index (χ1) is 9.17. The Kier molecular flexibility index (Phi) is 4.61. The van der Waals surface area contributed by atoms with Crippen molar-refractivity contribution in [2.45, 2.75) is 36.4 Å². The molecule has 0 saturated carbocycles. The summed E-state index contributed by atoms with van der Waals surface area (Å²) in [6.07, 6.45) is 1.06. The molecule has 1 aromatic carbocycles. The lowest BCUT2D eigenvalue weighted by Gasteiger charge is -2.17. The molecule has 102 valence electrons.